The SMILES string of the molecule is CCCCCC(O)C1OC(Oc2cc(OC)cc3cc(C)c(C(C)=O)c(O)c23)C(O)C(O)C1O. The van der Waals surface area contributed by atoms with Crippen LogP contribution in [-0.2, 0) is 4.74 Å². The molecule has 6 unspecified atom stereocenters. The first-order chi connectivity index (χ1) is 16.1. The van der Waals surface area contributed by atoms with E-state index in [4.69, 9.17) is 14.2 Å². The number of benzene rings is 2. The number of fused-ring (bicyclic) bond motifs is 1. The summed E-state index contributed by atoms with van der Waals surface area (Å²) in [5.74, 6) is -0.191. The number of methoxy groups -OCH3 is 1. The Bertz CT molecular complexity index is 1020. The monoisotopic (exact) mass is 478 g/mol. The van der Waals surface area contributed by atoms with Gasteiger partial charge in [-0.3, -0.25) is 4.79 Å². The number of ether oxygens (including phenoxy) is 3. The molecule has 1 aliphatic rings. The molecule has 3 rings (SSSR count). The summed E-state index contributed by atoms with van der Waals surface area (Å²) < 4.78 is 16.9. The van der Waals surface area contributed by atoms with Gasteiger partial charge in [-0.15, -0.1) is 0 Å². The van der Waals surface area contributed by atoms with Gasteiger partial charge in [0.1, 0.15) is 41.7 Å². The minimum atomic E-state index is -1.64. The third kappa shape index (κ3) is 5.13. The number of aliphatic hydroxyl groups is 4. The maximum atomic E-state index is 12.1. The van der Waals surface area contributed by atoms with Crippen LogP contribution in [0.25, 0.3) is 10.8 Å². The zero-order valence-electron chi connectivity index (χ0n) is 19.9. The van der Waals surface area contributed by atoms with Gasteiger partial charge in [0.05, 0.1) is 24.2 Å². The molecule has 0 bridgehead atoms. The summed E-state index contributed by atoms with van der Waals surface area (Å²) in [5, 5.41) is 53.6. The van der Waals surface area contributed by atoms with Gasteiger partial charge < -0.3 is 39.7 Å². The van der Waals surface area contributed by atoms with Crippen molar-refractivity contribution in [1.29, 1.82) is 0 Å². The molecule has 1 aliphatic heterocycles. The van der Waals surface area contributed by atoms with Crippen molar-refractivity contribution in [1.82, 2.24) is 0 Å². The van der Waals surface area contributed by atoms with Crippen LogP contribution >= 0.6 is 0 Å². The van der Waals surface area contributed by atoms with Crippen molar-refractivity contribution in [3.05, 3.63) is 29.3 Å². The lowest BCUT2D eigenvalue weighted by Crippen LogP contribution is -2.62. The van der Waals surface area contributed by atoms with Crippen LogP contribution in [0.15, 0.2) is 18.2 Å². The molecule has 0 spiro atoms. The Labute approximate surface area is 198 Å². The Morgan fingerprint density at radius 3 is 2.44 bits per heavy atom. The average molecular weight is 479 g/mol. The summed E-state index contributed by atoms with van der Waals surface area (Å²) in [6, 6.07) is 4.83. The molecule has 1 heterocycles. The maximum Gasteiger partial charge on any atom is 0.229 e. The molecule has 1 saturated heterocycles. The van der Waals surface area contributed by atoms with E-state index in [1.54, 1.807) is 19.1 Å². The second kappa shape index (κ2) is 10.9. The van der Waals surface area contributed by atoms with E-state index in [0.29, 0.717) is 29.5 Å². The van der Waals surface area contributed by atoms with Crippen LogP contribution in [0.4, 0.5) is 0 Å². The number of phenols is 1. The van der Waals surface area contributed by atoms with E-state index in [2.05, 4.69) is 0 Å². The lowest BCUT2D eigenvalue weighted by Gasteiger charge is -2.42. The Morgan fingerprint density at radius 2 is 1.82 bits per heavy atom. The Hall–Kier alpha value is -2.43. The Morgan fingerprint density at radius 1 is 1.12 bits per heavy atom. The van der Waals surface area contributed by atoms with E-state index in [0.717, 1.165) is 12.8 Å². The second-order valence-electron chi connectivity index (χ2n) is 8.82. The number of ketones is 1. The fraction of sp³-hybridized carbons (Fsp3) is 0.560. The molecule has 2 aromatic rings. The van der Waals surface area contributed by atoms with Crippen LogP contribution in [0.3, 0.4) is 0 Å². The van der Waals surface area contributed by atoms with Crippen molar-refractivity contribution in [2.24, 2.45) is 0 Å². The lowest BCUT2D eigenvalue weighted by atomic mass is 9.93. The summed E-state index contributed by atoms with van der Waals surface area (Å²) in [5.41, 5.74) is 0.701. The first-order valence-electron chi connectivity index (χ1n) is 11.5. The predicted octanol–water partition coefficient (Wildman–Crippen LogP) is 2.19. The highest BCUT2D eigenvalue weighted by Gasteiger charge is 2.47. The smallest absolute Gasteiger partial charge is 0.229 e. The molecule has 9 heteroatoms. The van der Waals surface area contributed by atoms with Gasteiger partial charge in [0.15, 0.2) is 5.78 Å². The van der Waals surface area contributed by atoms with E-state index in [9.17, 15) is 30.3 Å². The molecule has 34 heavy (non-hydrogen) atoms. The summed E-state index contributed by atoms with van der Waals surface area (Å²) in [4.78, 5) is 12.1. The van der Waals surface area contributed by atoms with Crippen LogP contribution in [0, 0.1) is 6.92 Å². The number of hydrogen-bond donors (Lipinski definition) is 5. The molecule has 6 atom stereocenters. The van der Waals surface area contributed by atoms with Crippen molar-refractivity contribution in [2.75, 3.05) is 7.11 Å². The van der Waals surface area contributed by atoms with Gasteiger partial charge in [-0.1, -0.05) is 32.3 Å². The number of carbonyl (C=O) groups is 1. The number of Topliss-reactive ketones (excluding diaryl/α,β-unsaturated/α-hetero) is 1. The van der Waals surface area contributed by atoms with Crippen molar-refractivity contribution in [3.63, 3.8) is 0 Å². The maximum absolute atomic E-state index is 12.1. The molecule has 1 fully saturated rings. The van der Waals surface area contributed by atoms with Crippen LogP contribution in [-0.4, -0.2) is 75.2 Å². The number of aryl methyl sites for hydroxylation is 1. The number of aromatic hydroxyl groups is 1. The van der Waals surface area contributed by atoms with E-state index in [1.807, 2.05) is 6.92 Å². The van der Waals surface area contributed by atoms with E-state index in [-0.39, 0.29) is 28.2 Å². The van der Waals surface area contributed by atoms with E-state index < -0.39 is 36.8 Å². The second-order valence-corrected chi connectivity index (χ2v) is 8.82. The quantitative estimate of drug-likeness (QED) is 0.270. The summed E-state index contributed by atoms with van der Waals surface area (Å²) in [6.07, 6.45) is -5.67. The highest BCUT2D eigenvalue weighted by molar-refractivity contribution is 6.07. The molecule has 9 nitrogen and oxygen atoms in total. The average Bonchev–Trinajstić information content (AvgIpc) is 2.78. The van der Waals surface area contributed by atoms with E-state index >= 15 is 0 Å². The predicted molar refractivity (Wildman–Crippen MR) is 124 cm³/mol. The van der Waals surface area contributed by atoms with Gasteiger partial charge in [-0.2, -0.15) is 0 Å². The summed E-state index contributed by atoms with van der Waals surface area (Å²) >= 11 is 0. The number of unbranched alkanes of at least 4 members (excludes halogenated alkanes) is 2. The minimum absolute atomic E-state index is 0.0428. The zero-order chi connectivity index (χ0) is 25.2. The summed E-state index contributed by atoms with van der Waals surface area (Å²) in [7, 11) is 1.45. The molecule has 0 saturated carbocycles. The molecule has 5 N–H and O–H groups in total. The zero-order valence-corrected chi connectivity index (χ0v) is 19.9. The van der Waals surface area contributed by atoms with Gasteiger partial charge in [0, 0.05) is 6.07 Å². The van der Waals surface area contributed by atoms with Crippen LogP contribution < -0.4 is 9.47 Å². The topological polar surface area (TPSA) is 146 Å². The van der Waals surface area contributed by atoms with Gasteiger partial charge in [-0.05, 0) is 37.3 Å². The van der Waals surface area contributed by atoms with Crippen molar-refractivity contribution >= 4 is 16.6 Å². The molecule has 188 valence electrons. The molecule has 0 aromatic heterocycles. The first kappa shape index (κ1) is 26.2. The van der Waals surface area contributed by atoms with Crippen LogP contribution in [0.5, 0.6) is 17.2 Å². The largest absolute Gasteiger partial charge is 0.506 e. The highest BCUT2D eigenvalue weighted by Crippen LogP contribution is 2.42. The molecule has 0 radical (unpaired) electrons. The third-order valence-corrected chi connectivity index (χ3v) is 6.27. The van der Waals surface area contributed by atoms with Gasteiger partial charge >= 0.3 is 0 Å². The lowest BCUT2D eigenvalue weighted by molar-refractivity contribution is -0.288. The Kier molecular flexibility index (Phi) is 8.38. The van der Waals surface area contributed by atoms with Crippen LogP contribution in [0.1, 0.15) is 55.5 Å². The molecular weight excluding hydrogens is 444 g/mol. The number of rotatable bonds is 9. The number of aliphatic hydroxyl groups excluding tert-OH is 4. The van der Waals surface area contributed by atoms with Gasteiger partial charge in [-0.25, -0.2) is 0 Å². The van der Waals surface area contributed by atoms with Crippen molar-refractivity contribution < 1.29 is 44.5 Å². The standard InChI is InChI=1S/C25H34O9/c1-5-6-7-8-16(27)24-22(30)21(29)23(31)25(34-24)33-17-11-15(32-4)10-14-9-12(2)18(13(3)26)20(28)19(14)17/h9-11,16,21-25,27-31H,5-8H2,1-4H3. The third-order valence-electron chi connectivity index (χ3n) is 6.27. The van der Waals surface area contributed by atoms with E-state index in [1.165, 1.54) is 20.1 Å². The van der Waals surface area contributed by atoms with Crippen molar-refractivity contribution in [2.45, 2.75) is 83.3 Å². The fourth-order valence-corrected chi connectivity index (χ4v) is 4.43. The van der Waals surface area contributed by atoms with Crippen LogP contribution in [0.2, 0.25) is 0 Å². The van der Waals surface area contributed by atoms with Crippen molar-refractivity contribution in [3.8, 4) is 17.2 Å². The Balaban J connectivity index is 2.00. The molecule has 0 aliphatic carbocycles. The fourth-order valence-electron chi connectivity index (χ4n) is 4.43. The first-order valence-corrected chi connectivity index (χ1v) is 11.5. The normalized spacial score (nSPS) is 25.8. The number of phenolic OH excluding ortho intramolecular Hbond substituents is 1. The number of carbonyl (C=O) groups excluding carboxylic acids is 1. The highest BCUT2D eigenvalue weighted by atomic mass is 16.7. The molecule has 2 aromatic carbocycles. The van der Waals surface area contributed by atoms with Gasteiger partial charge in [0.2, 0.25) is 6.29 Å². The van der Waals surface area contributed by atoms with Gasteiger partial charge in [0.25, 0.3) is 0 Å². The summed E-state index contributed by atoms with van der Waals surface area (Å²) in [6.45, 7) is 5.07. The molecular formula is C25H34O9. The minimum Gasteiger partial charge on any atom is -0.506 e. The molecule has 0 amide bonds. The number of hydrogen-bond acceptors (Lipinski definition) is 9.